The van der Waals surface area contributed by atoms with Crippen molar-refractivity contribution in [3.63, 3.8) is 0 Å². The maximum Gasteiger partial charge on any atom is 0.119 e. The Morgan fingerprint density at radius 3 is 3.11 bits per heavy atom. The zero-order valence-corrected chi connectivity index (χ0v) is 12.0. The van der Waals surface area contributed by atoms with Gasteiger partial charge in [-0.15, -0.1) is 11.8 Å². The summed E-state index contributed by atoms with van der Waals surface area (Å²) in [6.07, 6.45) is 3.63. The van der Waals surface area contributed by atoms with Gasteiger partial charge in [-0.05, 0) is 43.9 Å². The molecule has 0 bridgehead atoms. The van der Waals surface area contributed by atoms with E-state index in [1.165, 1.54) is 29.9 Å². The second-order valence-electron chi connectivity index (χ2n) is 5.30. The number of aliphatic imine (C=N–C) groups is 1. The van der Waals surface area contributed by atoms with Gasteiger partial charge in [-0.2, -0.15) is 0 Å². The van der Waals surface area contributed by atoms with Gasteiger partial charge in [0.05, 0.1) is 18.2 Å². The second-order valence-corrected chi connectivity index (χ2v) is 6.53. The van der Waals surface area contributed by atoms with Crippen LogP contribution in [0.4, 0.5) is 0 Å². The first-order valence-electron chi connectivity index (χ1n) is 6.89. The van der Waals surface area contributed by atoms with Crippen LogP contribution in [0, 0.1) is 5.92 Å². The van der Waals surface area contributed by atoms with E-state index in [0.717, 1.165) is 12.3 Å². The van der Waals surface area contributed by atoms with Crippen molar-refractivity contribution in [3.05, 3.63) is 29.8 Å². The Morgan fingerprint density at radius 2 is 2.32 bits per heavy atom. The molecule has 1 fully saturated rings. The first kappa shape index (κ1) is 13.0. The highest BCUT2D eigenvalue weighted by Crippen LogP contribution is 2.41. The third-order valence-electron chi connectivity index (χ3n) is 4.06. The molecule has 2 N–H and O–H groups in total. The Morgan fingerprint density at radius 1 is 1.42 bits per heavy atom. The molecule has 1 aromatic carbocycles. The summed E-state index contributed by atoms with van der Waals surface area (Å²) >= 11 is 1.92. The van der Waals surface area contributed by atoms with Gasteiger partial charge in [0.15, 0.2) is 0 Å². The van der Waals surface area contributed by atoms with E-state index >= 15 is 0 Å². The third kappa shape index (κ3) is 2.65. The highest BCUT2D eigenvalue weighted by molar-refractivity contribution is 8.15. The van der Waals surface area contributed by atoms with Crippen LogP contribution < -0.4 is 10.5 Å². The van der Waals surface area contributed by atoms with Gasteiger partial charge in [-0.3, -0.25) is 4.99 Å². The second kappa shape index (κ2) is 5.55. The van der Waals surface area contributed by atoms with Gasteiger partial charge in [-0.25, -0.2) is 0 Å². The fourth-order valence-electron chi connectivity index (χ4n) is 2.91. The van der Waals surface area contributed by atoms with Gasteiger partial charge in [-0.1, -0.05) is 12.1 Å². The normalized spacial score (nSPS) is 29.8. The number of hydrogen-bond donors (Lipinski definition) is 1. The predicted octanol–water partition coefficient (Wildman–Crippen LogP) is 2.68. The van der Waals surface area contributed by atoms with Crippen molar-refractivity contribution in [2.75, 3.05) is 13.7 Å². The molecule has 3 atom stereocenters. The minimum absolute atomic E-state index is 0.494. The van der Waals surface area contributed by atoms with E-state index in [1.807, 2.05) is 23.9 Å². The number of hydrogen-bond acceptors (Lipinski definition) is 4. The topological polar surface area (TPSA) is 47.6 Å². The van der Waals surface area contributed by atoms with Crippen LogP contribution in [0.2, 0.25) is 0 Å². The lowest BCUT2D eigenvalue weighted by Crippen LogP contribution is -2.31. The monoisotopic (exact) mass is 276 g/mol. The van der Waals surface area contributed by atoms with Crippen molar-refractivity contribution in [3.8, 4) is 5.75 Å². The molecule has 1 saturated carbocycles. The molecule has 0 spiro atoms. The van der Waals surface area contributed by atoms with Gasteiger partial charge in [0.1, 0.15) is 5.75 Å². The van der Waals surface area contributed by atoms with Gasteiger partial charge < -0.3 is 10.5 Å². The highest BCUT2D eigenvalue weighted by atomic mass is 32.2. The molecule has 2 aliphatic rings. The van der Waals surface area contributed by atoms with Crippen molar-refractivity contribution in [2.24, 2.45) is 16.6 Å². The van der Waals surface area contributed by atoms with E-state index in [2.05, 4.69) is 12.1 Å². The minimum atomic E-state index is 0.494. The Hall–Kier alpha value is -1.00. The lowest BCUT2D eigenvalue weighted by molar-refractivity contribution is 0.347. The first-order valence-corrected chi connectivity index (χ1v) is 7.77. The van der Waals surface area contributed by atoms with Gasteiger partial charge in [0.25, 0.3) is 0 Å². The Kier molecular flexibility index (Phi) is 3.80. The minimum Gasteiger partial charge on any atom is -0.497 e. The molecular formula is C15H20N2OS. The first-order chi connectivity index (χ1) is 9.30. The van der Waals surface area contributed by atoms with E-state index < -0.39 is 0 Å². The summed E-state index contributed by atoms with van der Waals surface area (Å²) in [6.45, 7) is 0.818. The van der Waals surface area contributed by atoms with Gasteiger partial charge >= 0.3 is 0 Å². The van der Waals surface area contributed by atoms with E-state index in [-0.39, 0.29) is 0 Å². The number of methoxy groups -OCH3 is 1. The number of benzene rings is 1. The predicted molar refractivity (Wildman–Crippen MR) is 81.1 cm³/mol. The molecule has 1 heterocycles. The van der Waals surface area contributed by atoms with Crippen molar-refractivity contribution >= 4 is 16.8 Å². The average Bonchev–Trinajstić information content (AvgIpc) is 2.90. The number of nitrogens with two attached hydrogens (primary N) is 1. The van der Waals surface area contributed by atoms with Crippen LogP contribution in [0.25, 0.3) is 0 Å². The van der Waals surface area contributed by atoms with Gasteiger partial charge in [0.2, 0.25) is 0 Å². The number of thioether (sulfide) groups is 1. The van der Waals surface area contributed by atoms with Crippen LogP contribution in [0.15, 0.2) is 29.3 Å². The molecular weight excluding hydrogens is 256 g/mol. The zero-order valence-electron chi connectivity index (χ0n) is 11.2. The van der Waals surface area contributed by atoms with Crippen LogP contribution >= 0.6 is 11.8 Å². The summed E-state index contributed by atoms with van der Waals surface area (Å²) in [6, 6.07) is 8.69. The molecule has 0 aromatic heterocycles. The summed E-state index contributed by atoms with van der Waals surface area (Å²) < 4.78 is 5.29. The summed E-state index contributed by atoms with van der Waals surface area (Å²) in [4.78, 5) is 4.91. The van der Waals surface area contributed by atoms with Crippen molar-refractivity contribution < 1.29 is 4.74 Å². The van der Waals surface area contributed by atoms with E-state index in [9.17, 15) is 0 Å². The molecule has 0 saturated heterocycles. The molecule has 0 radical (unpaired) electrons. The summed E-state index contributed by atoms with van der Waals surface area (Å²) in [5, 5.41) is 1.80. The Labute approximate surface area is 118 Å². The number of fused-ring (bicyclic) bond motifs is 1. The Balaban J connectivity index is 1.77. The summed E-state index contributed by atoms with van der Waals surface area (Å²) in [7, 11) is 1.70. The highest BCUT2D eigenvalue weighted by Gasteiger charge is 2.35. The zero-order chi connectivity index (χ0) is 13.2. The lowest BCUT2D eigenvalue weighted by atomic mass is 9.86. The molecule has 1 aliphatic heterocycles. The molecule has 3 unspecified atom stereocenters. The summed E-state index contributed by atoms with van der Waals surface area (Å²) in [5.74, 6) is 1.59. The van der Waals surface area contributed by atoms with Crippen LogP contribution in [0.5, 0.6) is 5.75 Å². The van der Waals surface area contributed by atoms with E-state index in [1.54, 1.807) is 7.11 Å². The molecule has 102 valence electrons. The SMILES string of the molecule is COc1cccc(C2=NC3CCC(CN)CC3S2)c1. The molecule has 19 heavy (non-hydrogen) atoms. The molecule has 3 nitrogen and oxygen atoms in total. The molecule has 1 aromatic rings. The Bertz CT molecular complexity index is 489. The standard InChI is InChI=1S/C15H20N2OS/c1-18-12-4-2-3-11(8-12)15-17-13-6-5-10(9-16)7-14(13)19-15/h2-4,8,10,13-14H,5-7,9,16H2,1H3. The molecule has 4 heteroatoms. The maximum atomic E-state index is 5.81. The fourth-order valence-corrected chi connectivity index (χ4v) is 4.38. The van der Waals surface area contributed by atoms with Crippen LogP contribution in [-0.4, -0.2) is 30.0 Å². The van der Waals surface area contributed by atoms with Crippen LogP contribution in [0.3, 0.4) is 0 Å². The molecule has 1 aliphatic carbocycles. The lowest BCUT2D eigenvalue weighted by Gasteiger charge is -2.28. The van der Waals surface area contributed by atoms with Crippen molar-refractivity contribution in [1.82, 2.24) is 0 Å². The fraction of sp³-hybridized carbons (Fsp3) is 0.533. The average molecular weight is 276 g/mol. The maximum absolute atomic E-state index is 5.81. The van der Waals surface area contributed by atoms with Crippen molar-refractivity contribution in [1.29, 1.82) is 0 Å². The quantitative estimate of drug-likeness (QED) is 0.923. The summed E-state index contributed by atoms with van der Waals surface area (Å²) in [5.41, 5.74) is 6.99. The van der Waals surface area contributed by atoms with Crippen LogP contribution in [0.1, 0.15) is 24.8 Å². The third-order valence-corrected chi connectivity index (χ3v) is 5.44. The smallest absolute Gasteiger partial charge is 0.119 e. The molecule has 0 amide bonds. The molecule has 3 rings (SSSR count). The number of ether oxygens (including phenoxy) is 1. The van der Waals surface area contributed by atoms with Crippen LogP contribution in [-0.2, 0) is 0 Å². The number of nitrogens with zero attached hydrogens (tertiary/aromatic N) is 1. The van der Waals surface area contributed by atoms with Crippen molar-refractivity contribution in [2.45, 2.75) is 30.6 Å². The largest absolute Gasteiger partial charge is 0.497 e. The van der Waals surface area contributed by atoms with E-state index in [0.29, 0.717) is 17.2 Å². The number of rotatable bonds is 3. The van der Waals surface area contributed by atoms with E-state index in [4.69, 9.17) is 15.5 Å². The van der Waals surface area contributed by atoms with Gasteiger partial charge in [0, 0.05) is 10.8 Å².